The fourth-order valence-electron chi connectivity index (χ4n) is 7.65. The lowest BCUT2D eigenvalue weighted by Crippen LogP contribution is -2.11. The van der Waals surface area contributed by atoms with Gasteiger partial charge in [-0.2, -0.15) is 84.3 Å². The van der Waals surface area contributed by atoms with E-state index < -0.39 is 120 Å². The van der Waals surface area contributed by atoms with Crippen molar-refractivity contribution in [2.75, 3.05) is 0 Å². The predicted molar refractivity (Wildman–Crippen MR) is 195 cm³/mol. The lowest BCUT2D eigenvalue weighted by atomic mass is 9.94. The summed E-state index contributed by atoms with van der Waals surface area (Å²) in [6, 6.07) is 10.7. The zero-order chi connectivity index (χ0) is 46.9. The van der Waals surface area contributed by atoms with Crippen LogP contribution in [0, 0.1) is 11.3 Å². The molecule has 0 spiro atoms. The Bertz CT molecular complexity index is 3080. The second-order valence-electron chi connectivity index (χ2n) is 14.4. The third kappa shape index (κ3) is 7.47. The smallest absolute Gasteiger partial charge is 0.307 e. The molecule has 330 valence electrons. The summed E-state index contributed by atoms with van der Waals surface area (Å²) in [4.78, 5) is 0. The van der Waals surface area contributed by atoms with Crippen LogP contribution < -0.4 is 0 Å². The van der Waals surface area contributed by atoms with Crippen LogP contribution in [0.5, 0.6) is 0 Å². The average Bonchev–Trinajstić information content (AvgIpc) is 3.69. The first-order chi connectivity index (χ1) is 29.5. The van der Waals surface area contributed by atoms with Gasteiger partial charge < -0.3 is 9.13 Å². The fraction of sp³-hybridized carbons (Fsp3) is 0.140. The molecule has 0 amide bonds. The van der Waals surface area contributed by atoms with E-state index in [1.807, 2.05) is 0 Å². The highest BCUT2D eigenvalue weighted by Gasteiger charge is 2.39. The van der Waals surface area contributed by atoms with Crippen LogP contribution in [0.15, 0.2) is 103 Å². The minimum Gasteiger partial charge on any atom is -0.307 e. The molecule has 0 fully saturated rings. The Labute approximate surface area is 344 Å². The summed E-state index contributed by atoms with van der Waals surface area (Å²) in [5, 5.41) is 8.39. The Morgan fingerprint density at radius 3 is 0.875 bits per heavy atom. The van der Waals surface area contributed by atoms with Crippen LogP contribution in [-0.4, -0.2) is 9.13 Å². The SMILES string of the molecule is N#Cc1cc(-n2c3ccc(C(F)(F)F)cc3c3cc(C(F)(F)F)ccc32)c(-n2c3ccc(C(F)(F)F)cc3c3cc(C(F)(F)F)ccc32)cc1-c1cc(C(F)(F)F)cc(C(F)(F)F)c1. The number of alkyl halides is 18. The van der Waals surface area contributed by atoms with Gasteiger partial charge >= 0.3 is 37.1 Å². The van der Waals surface area contributed by atoms with Crippen molar-refractivity contribution in [3.8, 4) is 28.6 Å². The number of fused-ring (bicyclic) bond motifs is 6. The molecule has 0 bridgehead atoms. The van der Waals surface area contributed by atoms with Crippen molar-refractivity contribution < 1.29 is 79.0 Å². The molecule has 0 aliphatic carbocycles. The highest BCUT2D eigenvalue weighted by atomic mass is 19.4. The third-order valence-corrected chi connectivity index (χ3v) is 10.5. The van der Waals surface area contributed by atoms with Crippen molar-refractivity contribution in [1.29, 1.82) is 5.26 Å². The first-order valence-electron chi connectivity index (χ1n) is 17.8. The molecule has 21 heteroatoms. The van der Waals surface area contributed by atoms with E-state index in [0.717, 1.165) is 45.5 Å². The molecule has 0 radical (unpaired) electrons. The molecule has 0 saturated carbocycles. The minimum absolute atomic E-state index is 0.225. The van der Waals surface area contributed by atoms with E-state index in [9.17, 15) is 84.3 Å². The fourth-order valence-corrected chi connectivity index (χ4v) is 7.65. The molecule has 0 saturated heterocycles. The lowest BCUT2D eigenvalue weighted by molar-refractivity contribution is -0.143. The third-order valence-electron chi connectivity index (χ3n) is 10.5. The molecule has 3 nitrogen and oxygen atoms in total. The van der Waals surface area contributed by atoms with Crippen LogP contribution in [0.25, 0.3) is 66.1 Å². The van der Waals surface area contributed by atoms with Gasteiger partial charge in [-0.05, 0) is 109 Å². The molecule has 64 heavy (non-hydrogen) atoms. The Kier molecular flexibility index (Phi) is 9.63. The average molecular weight is 918 g/mol. The van der Waals surface area contributed by atoms with E-state index in [0.29, 0.717) is 48.5 Å². The monoisotopic (exact) mass is 917 g/mol. The molecule has 0 aliphatic rings. The van der Waals surface area contributed by atoms with Gasteiger partial charge in [0.05, 0.1) is 78.5 Å². The van der Waals surface area contributed by atoms with Crippen LogP contribution in [0.1, 0.15) is 38.9 Å². The molecule has 8 aromatic rings. The maximum Gasteiger partial charge on any atom is 0.416 e. The number of nitriles is 1. The van der Waals surface area contributed by atoms with Crippen molar-refractivity contribution in [3.05, 3.63) is 142 Å². The molecule has 6 aromatic carbocycles. The van der Waals surface area contributed by atoms with Gasteiger partial charge in [0.1, 0.15) is 0 Å². The molecule has 8 rings (SSSR count). The van der Waals surface area contributed by atoms with Crippen molar-refractivity contribution in [2.24, 2.45) is 0 Å². The Hall–Kier alpha value is -6.85. The van der Waals surface area contributed by atoms with Gasteiger partial charge in [0.15, 0.2) is 0 Å². The van der Waals surface area contributed by atoms with Gasteiger partial charge in [-0.1, -0.05) is 0 Å². The summed E-state index contributed by atoms with van der Waals surface area (Å²) >= 11 is 0. The van der Waals surface area contributed by atoms with Gasteiger partial charge in [0.2, 0.25) is 0 Å². The van der Waals surface area contributed by atoms with Crippen LogP contribution in [0.4, 0.5) is 79.0 Å². The highest BCUT2D eigenvalue weighted by molar-refractivity contribution is 6.12. The van der Waals surface area contributed by atoms with Gasteiger partial charge in [-0.15, -0.1) is 0 Å². The molecule has 0 unspecified atom stereocenters. The highest BCUT2D eigenvalue weighted by Crippen LogP contribution is 2.47. The number of nitrogens with zero attached hydrogens (tertiary/aromatic N) is 3. The number of halogens is 18. The zero-order valence-electron chi connectivity index (χ0n) is 31.0. The maximum absolute atomic E-state index is 14.1. The number of rotatable bonds is 3. The number of benzene rings is 6. The standard InChI is InChI=1S/C43H17F18N3/c44-38(45,46)21-1-5-32-28(13-21)29-14-22(39(47,48)49)2-6-33(29)63(32)36-11-20(18-62)27(19-9-25(42(56,57)58)12-26(10-19)43(59,60)61)17-37(36)64-34-7-3-23(40(50,51)52)15-30(34)31-16-24(41(53,54)55)4-8-35(31)64/h1-17H. The molecule has 0 N–H and O–H groups in total. The molecule has 2 heterocycles. The van der Waals surface area contributed by atoms with Gasteiger partial charge in [-0.3, -0.25) is 0 Å². The molecule has 0 aliphatic heterocycles. The van der Waals surface area contributed by atoms with Crippen LogP contribution in [0.3, 0.4) is 0 Å². The summed E-state index contributed by atoms with van der Waals surface area (Å²) in [6.45, 7) is 0. The minimum atomic E-state index is -5.43. The molecule has 0 atom stereocenters. The normalized spacial score (nSPS) is 13.5. The van der Waals surface area contributed by atoms with Crippen molar-refractivity contribution in [1.82, 2.24) is 9.13 Å². The van der Waals surface area contributed by atoms with Gasteiger partial charge in [0.25, 0.3) is 0 Å². The van der Waals surface area contributed by atoms with E-state index in [-0.39, 0.29) is 40.3 Å². The Morgan fingerprint density at radius 2 is 0.609 bits per heavy atom. The van der Waals surface area contributed by atoms with Crippen LogP contribution in [-0.2, 0) is 37.1 Å². The lowest BCUT2D eigenvalue weighted by Gasteiger charge is -2.21. The van der Waals surface area contributed by atoms with E-state index in [1.165, 1.54) is 0 Å². The first-order valence-corrected chi connectivity index (χ1v) is 17.8. The summed E-state index contributed by atoms with van der Waals surface area (Å²) in [5.41, 5.74) is -13.9. The van der Waals surface area contributed by atoms with E-state index in [4.69, 9.17) is 0 Å². The second kappa shape index (κ2) is 14.1. The second-order valence-corrected chi connectivity index (χ2v) is 14.4. The molecular formula is C43H17F18N3. The zero-order valence-corrected chi connectivity index (χ0v) is 31.0. The summed E-state index contributed by atoms with van der Waals surface area (Å²) in [6.07, 6.45) is -31.2. The molecule has 2 aromatic heterocycles. The topological polar surface area (TPSA) is 33.6 Å². The molecular weight excluding hydrogens is 900 g/mol. The van der Waals surface area contributed by atoms with E-state index >= 15 is 0 Å². The predicted octanol–water partition coefficient (Wildman–Crippen LogP) is 15.5. The van der Waals surface area contributed by atoms with Crippen molar-refractivity contribution in [3.63, 3.8) is 0 Å². The summed E-state index contributed by atoms with van der Waals surface area (Å²) in [5.74, 6) is 0. The quantitative estimate of drug-likeness (QED) is 0.163. The van der Waals surface area contributed by atoms with Gasteiger partial charge in [-0.25, -0.2) is 0 Å². The van der Waals surface area contributed by atoms with Gasteiger partial charge in [0, 0.05) is 27.1 Å². The maximum atomic E-state index is 14.1. The van der Waals surface area contributed by atoms with Crippen LogP contribution >= 0.6 is 0 Å². The van der Waals surface area contributed by atoms with E-state index in [2.05, 4.69) is 0 Å². The number of aromatic nitrogens is 2. The first kappa shape index (κ1) is 43.8. The van der Waals surface area contributed by atoms with Crippen LogP contribution in [0.2, 0.25) is 0 Å². The summed E-state index contributed by atoms with van der Waals surface area (Å²) < 4.78 is 256. The van der Waals surface area contributed by atoms with Crippen molar-refractivity contribution >= 4 is 43.6 Å². The van der Waals surface area contributed by atoms with E-state index in [1.54, 1.807) is 6.07 Å². The number of hydrogen-bond acceptors (Lipinski definition) is 1. The largest absolute Gasteiger partial charge is 0.416 e. The number of hydrogen-bond donors (Lipinski definition) is 0. The van der Waals surface area contributed by atoms with Crippen molar-refractivity contribution in [2.45, 2.75) is 37.1 Å². The summed E-state index contributed by atoms with van der Waals surface area (Å²) in [7, 11) is 0. The Balaban J connectivity index is 1.60. The Morgan fingerprint density at radius 1 is 0.328 bits per heavy atom.